The van der Waals surface area contributed by atoms with Gasteiger partial charge in [-0.1, -0.05) is 24.3 Å². The fourth-order valence-corrected chi connectivity index (χ4v) is 4.19. The summed E-state index contributed by atoms with van der Waals surface area (Å²) in [6.07, 6.45) is 3.22. The van der Waals surface area contributed by atoms with E-state index < -0.39 is 0 Å². The van der Waals surface area contributed by atoms with Gasteiger partial charge in [-0.15, -0.1) is 11.3 Å². The largest absolute Gasteiger partial charge is 0.496 e. The molecule has 2 N–H and O–H groups in total. The van der Waals surface area contributed by atoms with E-state index in [0.717, 1.165) is 32.6 Å². The van der Waals surface area contributed by atoms with E-state index in [0.29, 0.717) is 0 Å². The maximum atomic E-state index is 12.6. The first kappa shape index (κ1) is 19.7. The molecule has 0 saturated heterocycles. The van der Waals surface area contributed by atoms with Crippen molar-refractivity contribution in [3.05, 3.63) is 94.9 Å². The number of nitrogens with zero attached hydrogens (tertiary/aromatic N) is 1. The molecule has 0 radical (unpaired) electrons. The van der Waals surface area contributed by atoms with Crippen LogP contribution < -0.4 is 15.4 Å². The molecule has 0 fully saturated rings. The molecule has 30 heavy (non-hydrogen) atoms. The Hall–Kier alpha value is -3.58. The Morgan fingerprint density at radius 1 is 1.10 bits per heavy atom. The maximum Gasteiger partial charge on any atom is 0.291 e. The third-order valence-corrected chi connectivity index (χ3v) is 5.56. The van der Waals surface area contributed by atoms with E-state index in [1.54, 1.807) is 25.4 Å². The molecule has 7 heteroatoms. The number of benzene rings is 1. The Kier molecular flexibility index (Phi) is 5.81. The summed E-state index contributed by atoms with van der Waals surface area (Å²) in [5, 5.41) is 7.22. The van der Waals surface area contributed by atoms with Crippen LogP contribution in [0.15, 0.2) is 77.5 Å². The number of rotatable bonds is 7. The number of carbonyl (C=O) groups excluding carboxylic acids is 1. The molecular weight excluding hydrogens is 398 g/mol. The van der Waals surface area contributed by atoms with Crippen LogP contribution in [0.25, 0.3) is 0 Å². The quantitative estimate of drug-likeness (QED) is 0.413. The molecule has 152 valence electrons. The number of amides is 1. The molecule has 3 aromatic heterocycles. The van der Waals surface area contributed by atoms with Crippen LogP contribution in [0.4, 0.5) is 10.8 Å². The molecule has 1 amide bonds. The Bertz CT molecular complexity index is 1120. The predicted molar refractivity (Wildman–Crippen MR) is 118 cm³/mol. The van der Waals surface area contributed by atoms with Crippen molar-refractivity contribution < 1.29 is 13.9 Å². The van der Waals surface area contributed by atoms with Crippen molar-refractivity contribution in [1.29, 1.82) is 0 Å². The Balaban J connectivity index is 1.76. The number of para-hydroxylation sites is 1. The summed E-state index contributed by atoms with van der Waals surface area (Å²) in [5.74, 6) is 1.44. The fourth-order valence-electron chi connectivity index (χ4n) is 3.24. The summed E-state index contributed by atoms with van der Waals surface area (Å²) < 4.78 is 10.9. The number of anilines is 2. The van der Waals surface area contributed by atoms with Crippen molar-refractivity contribution in [3.63, 3.8) is 0 Å². The van der Waals surface area contributed by atoms with E-state index >= 15 is 0 Å². The predicted octanol–water partition coefficient (Wildman–Crippen LogP) is 5.51. The third-order valence-electron chi connectivity index (χ3n) is 4.57. The van der Waals surface area contributed by atoms with Crippen molar-refractivity contribution in [2.24, 2.45) is 0 Å². The number of furan rings is 1. The number of hydrogen-bond acceptors (Lipinski definition) is 6. The van der Waals surface area contributed by atoms with Gasteiger partial charge in [0.15, 0.2) is 5.76 Å². The molecule has 0 unspecified atom stereocenters. The lowest BCUT2D eigenvalue weighted by Crippen LogP contribution is -2.17. The molecule has 0 aliphatic carbocycles. The molecule has 6 nitrogen and oxygen atoms in total. The van der Waals surface area contributed by atoms with E-state index in [4.69, 9.17) is 9.15 Å². The van der Waals surface area contributed by atoms with Crippen LogP contribution in [0.3, 0.4) is 0 Å². The highest BCUT2D eigenvalue weighted by atomic mass is 32.1. The smallest absolute Gasteiger partial charge is 0.291 e. The van der Waals surface area contributed by atoms with Gasteiger partial charge >= 0.3 is 0 Å². The van der Waals surface area contributed by atoms with Crippen molar-refractivity contribution >= 4 is 28.1 Å². The first-order chi connectivity index (χ1) is 14.7. The molecule has 0 saturated carbocycles. The summed E-state index contributed by atoms with van der Waals surface area (Å²) in [6, 6.07) is 18.6. The summed E-state index contributed by atoms with van der Waals surface area (Å²) in [7, 11) is 1.65. The zero-order valence-electron chi connectivity index (χ0n) is 16.6. The lowest BCUT2D eigenvalue weighted by Gasteiger charge is -2.22. The van der Waals surface area contributed by atoms with Gasteiger partial charge < -0.3 is 19.8 Å². The number of aromatic nitrogens is 1. The molecule has 0 aliphatic heterocycles. The highest BCUT2D eigenvalue weighted by Crippen LogP contribution is 2.40. The summed E-state index contributed by atoms with van der Waals surface area (Å²) in [5.41, 5.74) is 1.87. The van der Waals surface area contributed by atoms with Crippen LogP contribution in [0.1, 0.15) is 32.6 Å². The minimum atomic E-state index is -0.292. The average molecular weight is 420 g/mol. The average Bonchev–Trinajstić information content (AvgIpc) is 3.43. The van der Waals surface area contributed by atoms with E-state index in [-0.39, 0.29) is 17.7 Å². The summed E-state index contributed by atoms with van der Waals surface area (Å²) in [6.45, 7) is 2.01. The van der Waals surface area contributed by atoms with Gasteiger partial charge in [0.25, 0.3) is 5.91 Å². The fraction of sp³-hybridized carbons (Fsp3) is 0.130. The SMILES string of the molecule is COc1ccccc1[C@@H](Nc1ccccn1)c1cc(C)sc1NC(=O)c1ccco1. The molecule has 0 aliphatic rings. The molecule has 0 bridgehead atoms. The van der Waals surface area contributed by atoms with Crippen LogP contribution in [0.2, 0.25) is 0 Å². The number of methoxy groups -OCH3 is 1. The van der Waals surface area contributed by atoms with Crippen molar-refractivity contribution in [2.75, 3.05) is 17.7 Å². The maximum absolute atomic E-state index is 12.6. The number of carbonyl (C=O) groups is 1. The molecule has 0 spiro atoms. The number of pyridine rings is 1. The molecule has 3 heterocycles. The van der Waals surface area contributed by atoms with Gasteiger partial charge in [-0.05, 0) is 43.3 Å². The molecule has 1 atom stereocenters. The lowest BCUT2D eigenvalue weighted by molar-refractivity contribution is 0.0997. The van der Waals surface area contributed by atoms with Crippen LogP contribution in [-0.2, 0) is 0 Å². The van der Waals surface area contributed by atoms with Crippen LogP contribution in [0, 0.1) is 6.92 Å². The van der Waals surface area contributed by atoms with E-state index in [1.165, 1.54) is 17.6 Å². The molecule has 4 rings (SSSR count). The van der Waals surface area contributed by atoms with Gasteiger partial charge in [-0.25, -0.2) is 4.98 Å². The monoisotopic (exact) mass is 419 g/mol. The minimum Gasteiger partial charge on any atom is -0.496 e. The number of ether oxygens (including phenoxy) is 1. The van der Waals surface area contributed by atoms with Crippen molar-refractivity contribution in [2.45, 2.75) is 13.0 Å². The van der Waals surface area contributed by atoms with Crippen LogP contribution in [0.5, 0.6) is 5.75 Å². The van der Waals surface area contributed by atoms with Gasteiger partial charge in [0.1, 0.15) is 16.6 Å². The standard InChI is InChI=1S/C23H21N3O3S/c1-15-14-17(23(30-15)26-22(27)19-10-7-13-29-19)21(25-20-11-5-6-12-24-20)16-8-3-4-9-18(16)28-2/h3-14,21H,1-2H3,(H,24,25)(H,26,27)/t21-/m1/s1. The molecular formula is C23H21N3O3S. The zero-order valence-corrected chi connectivity index (χ0v) is 17.4. The number of nitrogens with one attached hydrogen (secondary N) is 2. The van der Waals surface area contributed by atoms with Gasteiger partial charge in [0.05, 0.1) is 19.4 Å². The van der Waals surface area contributed by atoms with E-state index in [1.807, 2.05) is 49.4 Å². The number of thiophene rings is 1. The molecule has 1 aromatic carbocycles. The van der Waals surface area contributed by atoms with Gasteiger partial charge in [-0.2, -0.15) is 0 Å². The highest BCUT2D eigenvalue weighted by molar-refractivity contribution is 7.16. The van der Waals surface area contributed by atoms with Crippen LogP contribution >= 0.6 is 11.3 Å². The minimum absolute atomic E-state index is 0.263. The van der Waals surface area contributed by atoms with Crippen molar-refractivity contribution in [3.8, 4) is 5.75 Å². The van der Waals surface area contributed by atoms with Gasteiger partial charge in [-0.3, -0.25) is 4.79 Å². The first-order valence-corrected chi connectivity index (χ1v) is 10.2. The lowest BCUT2D eigenvalue weighted by atomic mass is 9.99. The summed E-state index contributed by atoms with van der Waals surface area (Å²) >= 11 is 1.51. The summed E-state index contributed by atoms with van der Waals surface area (Å²) in [4.78, 5) is 18.1. The Morgan fingerprint density at radius 2 is 1.93 bits per heavy atom. The van der Waals surface area contributed by atoms with Gasteiger partial charge in [0.2, 0.25) is 0 Å². The Labute approximate surface area is 178 Å². The highest BCUT2D eigenvalue weighted by Gasteiger charge is 2.25. The zero-order chi connectivity index (χ0) is 20.9. The normalized spacial score (nSPS) is 11.7. The topological polar surface area (TPSA) is 76.4 Å². The third kappa shape index (κ3) is 4.21. The Morgan fingerprint density at radius 3 is 2.67 bits per heavy atom. The molecule has 4 aromatic rings. The number of hydrogen-bond donors (Lipinski definition) is 2. The van der Waals surface area contributed by atoms with E-state index in [9.17, 15) is 4.79 Å². The van der Waals surface area contributed by atoms with Crippen LogP contribution in [-0.4, -0.2) is 18.0 Å². The first-order valence-electron chi connectivity index (χ1n) is 9.41. The second-order valence-electron chi connectivity index (χ2n) is 6.61. The van der Waals surface area contributed by atoms with Crippen molar-refractivity contribution in [1.82, 2.24) is 4.98 Å². The number of aryl methyl sites for hydroxylation is 1. The van der Waals surface area contributed by atoms with E-state index in [2.05, 4.69) is 21.7 Å². The second kappa shape index (κ2) is 8.84. The van der Waals surface area contributed by atoms with Gasteiger partial charge in [0, 0.05) is 22.2 Å². The second-order valence-corrected chi connectivity index (χ2v) is 7.86.